The van der Waals surface area contributed by atoms with E-state index in [1.807, 2.05) is 6.07 Å². The Labute approximate surface area is 107 Å². The molecule has 0 aliphatic carbocycles. The molecule has 94 valence electrons. The molecule has 0 saturated carbocycles. The van der Waals surface area contributed by atoms with Crippen LogP contribution in [0.2, 0.25) is 0 Å². The molecule has 0 spiro atoms. The van der Waals surface area contributed by atoms with Crippen LogP contribution in [0.3, 0.4) is 0 Å². The Bertz CT molecular complexity index is 421. The van der Waals surface area contributed by atoms with Crippen molar-refractivity contribution in [3.05, 3.63) is 21.9 Å². The monoisotopic (exact) mass is 272 g/mol. The van der Waals surface area contributed by atoms with Crippen LogP contribution < -0.4 is 11.1 Å². The van der Waals surface area contributed by atoms with Crippen LogP contribution in [0, 0.1) is 0 Å². The molecule has 1 saturated heterocycles. The summed E-state index contributed by atoms with van der Waals surface area (Å²) in [4.78, 5) is 12.0. The summed E-state index contributed by atoms with van der Waals surface area (Å²) >= 11 is 1.54. The summed E-state index contributed by atoms with van der Waals surface area (Å²) in [5.41, 5.74) is 5.77. The van der Waals surface area contributed by atoms with Gasteiger partial charge in [0.1, 0.15) is 0 Å². The average Bonchev–Trinajstić information content (AvgIpc) is 2.77. The van der Waals surface area contributed by atoms with Crippen molar-refractivity contribution in [1.82, 2.24) is 5.32 Å². The van der Waals surface area contributed by atoms with Crippen molar-refractivity contribution >= 4 is 28.0 Å². The molecule has 2 rings (SSSR count). The van der Waals surface area contributed by atoms with Crippen molar-refractivity contribution in [2.24, 2.45) is 5.73 Å². The van der Waals surface area contributed by atoms with E-state index in [9.17, 15) is 9.00 Å². The zero-order chi connectivity index (χ0) is 12.3. The van der Waals surface area contributed by atoms with Crippen molar-refractivity contribution < 1.29 is 9.00 Å². The third kappa shape index (κ3) is 3.62. The van der Waals surface area contributed by atoms with Crippen molar-refractivity contribution in [1.29, 1.82) is 0 Å². The molecule has 0 unspecified atom stereocenters. The Morgan fingerprint density at radius 3 is 2.82 bits per heavy atom. The zero-order valence-electron chi connectivity index (χ0n) is 9.48. The summed E-state index contributed by atoms with van der Waals surface area (Å²) in [6, 6.07) is 2.29. The van der Waals surface area contributed by atoms with Crippen LogP contribution in [-0.2, 0) is 17.3 Å². The minimum atomic E-state index is -0.610. The van der Waals surface area contributed by atoms with Gasteiger partial charge in [-0.05, 0) is 18.9 Å². The first-order valence-corrected chi connectivity index (χ1v) is 7.97. The Hall–Kier alpha value is -0.720. The second-order valence-corrected chi connectivity index (χ2v) is 6.86. The van der Waals surface area contributed by atoms with Gasteiger partial charge in [0, 0.05) is 45.1 Å². The highest BCUT2D eigenvalue weighted by Gasteiger charge is 2.17. The summed E-state index contributed by atoms with van der Waals surface area (Å²) in [5.74, 6) is 1.23. The molecule has 0 radical (unpaired) electrons. The number of amides is 1. The van der Waals surface area contributed by atoms with E-state index >= 15 is 0 Å². The van der Waals surface area contributed by atoms with Crippen molar-refractivity contribution in [3.63, 3.8) is 0 Å². The number of hydrogen-bond acceptors (Lipinski definition) is 4. The maximum atomic E-state index is 11.2. The van der Waals surface area contributed by atoms with Gasteiger partial charge in [-0.3, -0.25) is 9.00 Å². The molecular formula is C11H16N2O2S2. The first-order valence-electron chi connectivity index (χ1n) is 5.60. The first-order chi connectivity index (χ1) is 8.15. The van der Waals surface area contributed by atoms with Crippen LogP contribution in [0.1, 0.15) is 28.1 Å². The molecule has 0 bridgehead atoms. The van der Waals surface area contributed by atoms with E-state index in [0.717, 1.165) is 35.8 Å². The van der Waals surface area contributed by atoms with Crippen LogP contribution in [0.5, 0.6) is 0 Å². The van der Waals surface area contributed by atoms with Gasteiger partial charge < -0.3 is 11.1 Å². The number of thiophene rings is 1. The fourth-order valence-corrected chi connectivity index (χ4v) is 3.97. The molecule has 3 N–H and O–H groups in total. The highest BCUT2D eigenvalue weighted by atomic mass is 32.2. The van der Waals surface area contributed by atoms with Gasteiger partial charge >= 0.3 is 0 Å². The molecule has 17 heavy (non-hydrogen) atoms. The lowest BCUT2D eigenvalue weighted by Crippen LogP contribution is -2.35. The van der Waals surface area contributed by atoms with Crippen molar-refractivity contribution in [3.8, 4) is 0 Å². The van der Waals surface area contributed by atoms with Gasteiger partial charge in [-0.25, -0.2) is 0 Å². The molecule has 0 aromatic carbocycles. The standard InChI is InChI=1S/C11H16N2O2S2/c12-11(14)8-5-10(16-7-8)6-13-9-1-3-17(15)4-2-9/h5,7,9,13H,1-4,6H2,(H2,12,14). The molecule has 1 aliphatic heterocycles. The molecule has 1 aromatic rings. The fraction of sp³-hybridized carbons (Fsp3) is 0.545. The van der Waals surface area contributed by atoms with Gasteiger partial charge in [0.25, 0.3) is 0 Å². The number of carbonyl (C=O) groups is 1. The summed E-state index contributed by atoms with van der Waals surface area (Å²) < 4.78 is 11.2. The minimum absolute atomic E-state index is 0.374. The first kappa shape index (κ1) is 12.7. The van der Waals surface area contributed by atoms with Crippen LogP contribution >= 0.6 is 11.3 Å². The van der Waals surface area contributed by atoms with Gasteiger partial charge in [0.05, 0.1) is 5.56 Å². The highest BCUT2D eigenvalue weighted by molar-refractivity contribution is 7.85. The highest BCUT2D eigenvalue weighted by Crippen LogP contribution is 2.15. The lowest BCUT2D eigenvalue weighted by Gasteiger charge is -2.22. The van der Waals surface area contributed by atoms with E-state index in [4.69, 9.17) is 5.73 Å². The third-order valence-electron chi connectivity index (χ3n) is 2.89. The SMILES string of the molecule is NC(=O)c1csc(CNC2CCS(=O)CC2)c1. The van der Waals surface area contributed by atoms with E-state index in [1.165, 1.54) is 0 Å². The molecule has 1 amide bonds. The molecule has 2 heterocycles. The number of nitrogens with one attached hydrogen (secondary N) is 1. The van der Waals surface area contributed by atoms with E-state index in [2.05, 4.69) is 5.32 Å². The van der Waals surface area contributed by atoms with Crippen LogP contribution in [0.4, 0.5) is 0 Å². The van der Waals surface area contributed by atoms with Gasteiger partial charge in [-0.15, -0.1) is 11.3 Å². The third-order valence-corrected chi connectivity index (χ3v) is 5.21. The fourth-order valence-electron chi connectivity index (χ4n) is 1.85. The number of nitrogens with two attached hydrogens (primary N) is 1. The minimum Gasteiger partial charge on any atom is -0.366 e. The summed E-state index contributed by atoms with van der Waals surface area (Å²) in [6.45, 7) is 0.759. The number of rotatable bonds is 4. The molecular weight excluding hydrogens is 256 g/mol. The average molecular weight is 272 g/mol. The van der Waals surface area contributed by atoms with E-state index in [0.29, 0.717) is 11.6 Å². The number of hydrogen-bond donors (Lipinski definition) is 2. The van der Waals surface area contributed by atoms with Crippen LogP contribution in [-0.4, -0.2) is 27.7 Å². The van der Waals surface area contributed by atoms with Crippen LogP contribution in [0.15, 0.2) is 11.4 Å². The molecule has 1 aromatic heterocycles. The lowest BCUT2D eigenvalue weighted by atomic mass is 10.1. The van der Waals surface area contributed by atoms with Gasteiger partial charge in [-0.2, -0.15) is 0 Å². The second kappa shape index (κ2) is 5.75. The number of carbonyl (C=O) groups excluding carboxylic acids is 1. The lowest BCUT2D eigenvalue weighted by molar-refractivity contribution is 0.100. The maximum absolute atomic E-state index is 11.2. The summed E-state index contributed by atoms with van der Waals surface area (Å²) in [7, 11) is -0.610. The molecule has 0 atom stereocenters. The van der Waals surface area contributed by atoms with Gasteiger partial charge in [0.15, 0.2) is 0 Å². The van der Waals surface area contributed by atoms with E-state index in [-0.39, 0.29) is 5.91 Å². The molecule has 4 nitrogen and oxygen atoms in total. The van der Waals surface area contributed by atoms with E-state index in [1.54, 1.807) is 16.7 Å². The number of primary amides is 1. The summed E-state index contributed by atoms with van der Waals surface area (Å²) in [6.07, 6.45) is 1.95. The Kier molecular flexibility index (Phi) is 4.31. The van der Waals surface area contributed by atoms with E-state index < -0.39 is 10.8 Å². The largest absolute Gasteiger partial charge is 0.366 e. The maximum Gasteiger partial charge on any atom is 0.249 e. The Morgan fingerprint density at radius 1 is 1.53 bits per heavy atom. The molecule has 6 heteroatoms. The molecule has 1 fully saturated rings. The Morgan fingerprint density at radius 2 is 2.24 bits per heavy atom. The Balaban J connectivity index is 1.81. The van der Waals surface area contributed by atoms with Crippen molar-refractivity contribution in [2.45, 2.75) is 25.4 Å². The van der Waals surface area contributed by atoms with Gasteiger partial charge in [0.2, 0.25) is 5.91 Å². The van der Waals surface area contributed by atoms with Crippen molar-refractivity contribution in [2.75, 3.05) is 11.5 Å². The smallest absolute Gasteiger partial charge is 0.249 e. The predicted octanol–water partition coefficient (Wildman–Crippen LogP) is 0.848. The molecule has 1 aliphatic rings. The zero-order valence-corrected chi connectivity index (χ0v) is 11.1. The normalized spacial score (nSPS) is 24.7. The predicted molar refractivity (Wildman–Crippen MR) is 70.6 cm³/mol. The topological polar surface area (TPSA) is 72.2 Å². The quantitative estimate of drug-likeness (QED) is 0.853. The summed E-state index contributed by atoms with van der Waals surface area (Å²) in [5, 5.41) is 5.22. The van der Waals surface area contributed by atoms with Crippen LogP contribution in [0.25, 0.3) is 0 Å². The van der Waals surface area contributed by atoms with Gasteiger partial charge in [-0.1, -0.05) is 0 Å². The second-order valence-electron chi connectivity index (χ2n) is 4.17.